The van der Waals surface area contributed by atoms with Gasteiger partial charge in [-0.2, -0.15) is 0 Å². The number of hydrogen-bond acceptors (Lipinski definition) is 3. The molecule has 1 aliphatic heterocycles. The largest absolute Gasteiger partial charge is 0.494 e. The molecule has 2 N–H and O–H groups in total. The lowest BCUT2D eigenvalue weighted by atomic mass is 9.90. The van der Waals surface area contributed by atoms with E-state index in [2.05, 4.69) is 30.0 Å². The molecule has 1 aromatic carbocycles. The van der Waals surface area contributed by atoms with Crippen LogP contribution in [0.25, 0.3) is 0 Å². The molecule has 106 valence electrons. The van der Waals surface area contributed by atoms with Gasteiger partial charge >= 0.3 is 0 Å². The molecule has 3 nitrogen and oxygen atoms in total. The Bertz CT molecular complexity index is 394. The summed E-state index contributed by atoms with van der Waals surface area (Å²) in [6.45, 7) is 7.95. The highest BCUT2D eigenvalue weighted by Gasteiger charge is 2.27. The average Bonchev–Trinajstić information content (AvgIpc) is 2.40. The molecule has 0 saturated carbocycles. The van der Waals surface area contributed by atoms with Crippen LogP contribution in [0.4, 0.5) is 0 Å². The Morgan fingerprint density at radius 3 is 3.00 bits per heavy atom. The van der Waals surface area contributed by atoms with Gasteiger partial charge in [0, 0.05) is 19.1 Å². The van der Waals surface area contributed by atoms with Crippen molar-refractivity contribution in [2.75, 3.05) is 19.7 Å². The predicted molar refractivity (Wildman–Crippen MR) is 79.3 cm³/mol. The van der Waals surface area contributed by atoms with Gasteiger partial charge in [-0.3, -0.25) is 4.90 Å². The van der Waals surface area contributed by atoms with Crippen LogP contribution >= 0.6 is 0 Å². The quantitative estimate of drug-likeness (QED) is 0.886. The number of nitrogens with two attached hydrogens (primary N) is 1. The van der Waals surface area contributed by atoms with Crippen molar-refractivity contribution in [3.63, 3.8) is 0 Å². The molecule has 0 amide bonds. The highest BCUT2D eigenvalue weighted by atomic mass is 16.5. The van der Waals surface area contributed by atoms with Crippen molar-refractivity contribution < 1.29 is 4.74 Å². The highest BCUT2D eigenvalue weighted by molar-refractivity contribution is 5.28. The van der Waals surface area contributed by atoms with E-state index in [-0.39, 0.29) is 0 Å². The fraction of sp³-hybridized carbons (Fsp3) is 0.625. The van der Waals surface area contributed by atoms with Gasteiger partial charge in [0.25, 0.3) is 0 Å². The Morgan fingerprint density at radius 2 is 2.26 bits per heavy atom. The molecular formula is C16H26N2O. The molecule has 2 unspecified atom stereocenters. The van der Waals surface area contributed by atoms with Gasteiger partial charge in [0.05, 0.1) is 6.61 Å². The first-order chi connectivity index (χ1) is 9.24. The van der Waals surface area contributed by atoms with Crippen LogP contribution in [-0.2, 0) is 6.54 Å². The third-order valence-electron chi connectivity index (χ3n) is 4.07. The first-order valence-electron chi connectivity index (χ1n) is 7.40. The van der Waals surface area contributed by atoms with E-state index in [1.807, 2.05) is 13.0 Å². The van der Waals surface area contributed by atoms with E-state index in [4.69, 9.17) is 10.5 Å². The Kier molecular flexibility index (Phi) is 5.23. The molecule has 1 saturated heterocycles. The van der Waals surface area contributed by atoms with Gasteiger partial charge in [-0.05, 0) is 49.9 Å². The highest BCUT2D eigenvalue weighted by Crippen LogP contribution is 2.25. The van der Waals surface area contributed by atoms with Gasteiger partial charge in [0.1, 0.15) is 5.75 Å². The number of likely N-dealkylation sites (tertiary alicyclic amines) is 1. The molecule has 2 atom stereocenters. The standard InChI is InChI=1S/C16H26N2O/c1-3-19-15-8-4-7-14(10-15)12-18-9-5-6-13(2)16(18)11-17/h4,7-8,10,13,16H,3,5-6,9,11-12,17H2,1-2H3. The summed E-state index contributed by atoms with van der Waals surface area (Å²) in [6.07, 6.45) is 2.58. The van der Waals surface area contributed by atoms with Gasteiger partial charge in [-0.15, -0.1) is 0 Å². The van der Waals surface area contributed by atoms with E-state index >= 15 is 0 Å². The predicted octanol–water partition coefficient (Wildman–Crippen LogP) is 2.64. The molecule has 1 heterocycles. The van der Waals surface area contributed by atoms with Crippen molar-refractivity contribution in [1.82, 2.24) is 4.90 Å². The minimum absolute atomic E-state index is 0.518. The number of rotatable bonds is 5. The van der Waals surface area contributed by atoms with Gasteiger partial charge in [0.15, 0.2) is 0 Å². The van der Waals surface area contributed by atoms with Gasteiger partial charge < -0.3 is 10.5 Å². The maximum atomic E-state index is 5.95. The van der Waals surface area contributed by atoms with E-state index in [0.717, 1.165) is 32.0 Å². The maximum absolute atomic E-state index is 5.95. The zero-order valence-corrected chi connectivity index (χ0v) is 12.1. The topological polar surface area (TPSA) is 38.5 Å². The second kappa shape index (κ2) is 6.92. The molecule has 0 aliphatic carbocycles. The zero-order valence-electron chi connectivity index (χ0n) is 12.1. The lowest BCUT2D eigenvalue weighted by Gasteiger charge is -2.39. The zero-order chi connectivity index (χ0) is 13.7. The van der Waals surface area contributed by atoms with Crippen LogP contribution in [0.2, 0.25) is 0 Å². The third-order valence-corrected chi connectivity index (χ3v) is 4.07. The Morgan fingerprint density at radius 1 is 1.42 bits per heavy atom. The minimum Gasteiger partial charge on any atom is -0.494 e. The summed E-state index contributed by atoms with van der Waals surface area (Å²) in [5.41, 5.74) is 7.27. The summed E-state index contributed by atoms with van der Waals surface area (Å²) in [5, 5.41) is 0. The molecular weight excluding hydrogens is 236 g/mol. The summed E-state index contributed by atoms with van der Waals surface area (Å²) in [6, 6.07) is 8.94. The number of benzene rings is 1. The lowest BCUT2D eigenvalue weighted by molar-refractivity contribution is 0.0990. The van der Waals surface area contributed by atoms with E-state index in [1.165, 1.54) is 18.4 Å². The fourth-order valence-corrected chi connectivity index (χ4v) is 3.05. The van der Waals surface area contributed by atoms with E-state index < -0.39 is 0 Å². The lowest BCUT2D eigenvalue weighted by Crippen LogP contribution is -2.47. The van der Waals surface area contributed by atoms with Crippen LogP contribution < -0.4 is 10.5 Å². The maximum Gasteiger partial charge on any atom is 0.119 e. The average molecular weight is 262 g/mol. The number of nitrogens with zero attached hydrogens (tertiary/aromatic N) is 1. The third kappa shape index (κ3) is 3.71. The molecule has 0 radical (unpaired) electrons. The molecule has 0 spiro atoms. The number of hydrogen-bond donors (Lipinski definition) is 1. The van der Waals surface area contributed by atoms with E-state index in [1.54, 1.807) is 0 Å². The Balaban J connectivity index is 2.04. The molecule has 2 rings (SSSR count). The van der Waals surface area contributed by atoms with E-state index in [0.29, 0.717) is 12.0 Å². The second-order valence-electron chi connectivity index (χ2n) is 5.47. The monoisotopic (exact) mass is 262 g/mol. The molecule has 1 aromatic rings. The van der Waals surface area contributed by atoms with Crippen molar-refractivity contribution in [3.8, 4) is 5.75 Å². The van der Waals surface area contributed by atoms with Crippen molar-refractivity contribution >= 4 is 0 Å². The smallest absolute Gasteiger partial charge is 0.119 e. The summed E-state index contributed by atoms with van der Waals surface area (Å²) < 4.78 is 5.57. The van der Waals surface area contributed by atoms with Gasteiger partial charge in [-0.25, -0.2) is 0 Å². The fourth-order valence-electron chi connectivity index (χ4n) is 3.05. The van der Waals surface area contributed by atoms with Crippen molar-refractivity contribution in [1.29, 1.82) is 0 Å². The van der Waals surface area contributed by atoms with Crippen LogP contribution in [0.15, 0.2) is 24.3 Å². The number of ether oxygens (including phenoxy) is 1. The first-order valence-corrected chi connectivity index (χ1v) is 7.40. The van der Waals surface area contributed by atoms with Gasteiger partial charge in [-0.1, -0.05) is 19.1 Å². The molecule has 0 aromatic heterocycles. The van der Waals surface area contributed by atoms with Crippen LogP contribution in [0.1, 0.15) is 32.3 Å². The van der Waals surface area contributed by atoms with Gasteiger partial charge in [0.2, 0.25) is 0 Å². The summed E-state index contributed by atoms with van der Waals surface area (Å²) in [4.78, 5) is 2.53. The minimum atomic E-state index is 0.518. The second-order valence-corrected chi connectivity index (χ2v) is 5.47. The molecule has 1 fully saturated rings. The van der Waals surface area contributed by atoms with Crippen LogP contribution in [0.3, 0.4) is 0 Å². The van der Waals surface area contributed by atoms with Crippen molar-refractivity contribution in [3.05, 3.63) is 29.8 Å². The summed E-state index contributed by atoms with van der Waals surface area (Å²) in [7, 11) is 0. The van der Waals surface area contributed by atoms with Crippen molar-refractivity contribution in [2.24, 2.45) is 11.7 Å². The number of piperidine rings is 1. The van der Waals surface area contributed by atoms with Crippen LogP contribution in [0.5, 0.6) is 5.75 Å². The molecule has 19 heavy (non-hydrogen) atoms. The summed E-state index contributed by atoms with van der Waals surface area (Å²) >= 11 is 0. The first kappa shape index (κ1) is 14.4. The summed E-state index contributed by atoms with van der Waals surface area (Å²) in [5.74, 6) is 1.67. The molecule has 0 bridgehead atoms. The molecule has 1 aliphatic rings. The van der Waals surface area contributed by atoms with Crippen molar-refractivity contribution in [2.45, 2.75) is 39.3 Å². The Hall–Kier alpha value is -1.06. The Labute approximate surface area is 116 Å². The normalized spacial score (nSPS) is 24.4. The SMILES string of the molecule is CCOc1cccc(CN2CCCC(C)C2CN)c1. The molecule has 3 heteroatoms. The van der Waals surface area contributed by atoms with E-state index in [9.17, 15) is 0 Å². The van der Waals surface area contributed by atoms with Crippen LogP contribution in [0, 0.1) is 5.92 Å². The van der Waals surface area contributed by atoms with Crippen LogP contribution in [-0.4, -0.2) is 30.6 Å².